The van der Waals surface area contributed by atoms with Crippen LogP contribution in [-0.2, 0) is 13.0 Å². The van der Waals surface area contributed by atoms with Crippen LogP contribution in [0.5, 0.6) is 5.75 Å². The highest BCUT2D eigenvalue weighted by Crippen LogP contribution is 2.30. The van der Waals surface area contributed by atoms with Gasteiger partial charge in [0.25, 0.3) is 0 Å². The van der Waals surface area contributed by atoms with Gasteiger partial charge in [0.05, 0.1) is 18.8 Å². The van der Waals surface area contributed by atoms with Crippen LogP contribution in [0, 0.1) is 5.82 Å². The van der Waals surface area contributed by atoms with E-state index in [1.165, 1.54) is 23.5 Å². The molecule has 7 nitrogen and oxygen atoms in total. The highest BCUT2D eigenvalue weighted by molar-refractivity contribution is 7.17. The van der Waals surface area contributed by atoms with E-state index in [9.17, 15) is 9.18 Å². The Labute approximate surface area is 182 Å². The van der Waals surface area contributed by atoms with Crippen LogP contribution in [0.2, 0.25) is 0 Å². The number of thiazole rings is 1. The third-order valence-electron chi connectivity index (χ3n) is 5.13. The molecule has 1 aliphatic rings. The average molecular weight is 438 g/mol. The molecule has 0 atom stereocenters. The van der Waals surface area contributed by atoms with Crippen molar-refractivity contribution in [3.8, 4) is 17.1 Å². The number of fused-ring (bicyclic) bond motifs is 3. The second-order valence-electron chi connectivity index (χ2n) is 7.17. The van der Waals surface area contributed by atoms with Gasteiger partial charge in [-0.05, 0) is 55.5 Å². The van der Waals surface area contributed by atoms with E-state index in [0.29, 0.717) is 31.9 Å². The highest BCUT2D eigenvalue weighted by atomic mass is 32.1. The van der Waals surface area contributed by atoms with Crippen molar-refractivity contribution in [3.05, 3.63) is 64.9 Å². The molecule has 0 aliphatic carbocycles. The Hall–Kier alpha value is -3.46. The number of nitrogens with zero attached hydrogens (tertiary/aromatic N) is 4. The number of rotatable bonds is 4. The molecular weight excluding hydrogens is 417 g/mol. The first-order valence-electron chi connectivity index (χ1n) is 10.0. The quantitative estimate of drug-likeness (QED) is 0.507. The number of nitrogens with one attached hydrogen (secondary N) is 1. The standard InChI is InChI=1S/C22H20FN5O2S/c1-2-30-17-9-7-16(8-10-17)24-21(29)27-12-11-18-19(13-27)31-22-25-20(26-28(18)22)14-3-5-15(23)6-4-14/h3-10H,2,11-13H2,1H3,(H,24,29). The molecule has 5 rings (SSSR count). The van der Waals surface area contributed by atoms with E-state index < -0.39 is 0 Å². The Balaban J connectivity index is 1.30. The van der Waals surface area contributed by atoms with Crippen molar-refractivity contribution >= 4 is 28.0 Å². The fourth-order valence-electron chi connectivity index (χ4n) is 3.59. The number of carbonyl (C=O) groups is 1. The minimum Gasteiger partial charge on any atom is -0.494 e. The molecule has 2 amide bonds. The first-order chi connectivity index (χ1) is 15.1. The van der Waals surface area contributed by atoms with Crippen LogP contribution in [0.1, 0.15) is 17.5 Å². The van der Waals surface area contributed by atoms with E-state index in [2.05, 4.69) is 15.4 Å². The van der Waals surface area contributed by atoms with Crippen molar-refractivity contribution in [2.75, 3.05) is 18.5 Å². The van der Waals surface area contributed by atoms with Gasteiger partial charge in [-0.25, -0.2) is 13.7 Å². The smallest absolute Gasteiger partial charge is 0.322 e. The van der Waals surface area contributed by atoms with E-state index in [0.717, 1.165) is 32.5 Å². The number of urea groups is 1. The van der Waals surface area contributed by atoms with Crippen molar-refractivity contribution in [2.24, 2.45) is 0 Å². The molecule has 0 radical (unpaired) electrons. The normalized spacial score (nSPS) is 13.3. The molecule has 0 saturated carbocycles. The first kappa shape index (κ1) is 19.5. The van der Waals surface area contributed by atoms with Gasteiger partial charge in [0, 0.05) is 29.1 Å². The van der Waals surface area contributed by atoms with Gasteiger partial charge in [-0.1, -0.05) is 11.3 Å². The van der Waals surface area contributed by atoms with Crippen LogP contribution in [0.15, 0.2) is 48.5 Å². The number of anilines is 1. The first-order valence-corrected chi connectivity index (χ1v) is 10.8. The minimum atomic E-state index is -0.286. The number of aromatic nitrogens is 3. The molecule has 4 aromatic rings. The third-order valence-corrected chi connectivity index (χ3v) is 6.19. The maximum absolute atomic E-state index is 13.2. The van der Waals surface area contributed by atoms with Gasteiger partial charge in [0.1, 0.15) is 11.6 Å². The SMILES string of the molecule is CCOc1ccc(NC(=O)N2CCc3c(sc4nc(-c5ccc(F)cc5)nn34)C2)cc1. The topological polar surface area (TPSA) is 71.8 Å². The summed E-state index contributed by atoms with van der Waals surface area (Å²) in [6.45, 7) is 3.64. The molecule has 1 N–H and O–H groups in total. The van der Waals surface area contributed by atoms with Crippen molar-refractivity contribution in [1.29, 1.82) is 0 Å². The fraction of sp³-hybridized carbons (Fsp3) is 0.227. The Bertz CT molecular complexity index is 1230. The lowest BCUT2D eigenvalue weighted by molar-refractivity contribution is 0.206. The lowest BCUT2D eigenvalue weighted by Gasteiger charge is -2.26. The maximum Gasteiger partial charge on any atom is 0.322 e. The molecule has 0 fully saturated rings. The number of carbonyl (C=O) groups excluding carboxylic acids is 1. The molecular formula is C22H20FN5O2S. The maximum atomic E-state index is 13.2. The Kier molecular flexibility index (Phi) is 5.03. The summed E-state index contributed by atoms with van der Waals surface area (Å²) in [5.41, 5.74) is 2.58. The van der Waals surface area contributed by atoms with Crippen LogP contribution in [0.25, 0.3) is 16.3 Å². The predicted octanol–water partition coefficient (Wildman–Crippen LogP) is 4.59. The molecule has 0 unspecified atom stereocenters. The van der Waals surface area contributed by atoms with Gasteiger partial charge in [0.2, 0.25) is 4.96 Å². The van der Waals surface area contributed by atoms with Gasteiger partial charge in [-0.2, -0.15) is 4.98 Å². The Morgan fingerprint density at radius 3 is 2.71 bits per heavy atom. The van der Waals surface area contributed by atoms with Crippen molar-refractivity contribution in [3.63, 3.8) is 0 Å². The molecule has 2 aromatic carbocycles. The summed E-state index contributed by atoms with van der Waals surface area (Å²) in [5, 5.41) is 7.55. The molecule has 0 saturated heterocycles. The minimum absolute atomic E-state index is 0.138. The number of halogens is 1. The van der Waals surface area contributed by atoms with Crippen molar-refractivity contribution in [1.82, 2.24) is 19.5 Å². The van der Waals surface area contributed by atoms with Crippen molar-refractivity contribution < 1.29 is 13.9 Å². The molecule has 1 aliphatic heterocycles. The van der Waals surface area contributed by atoms with Gasteiger partial charge >= 0.3 is 6.03 Å². The number of hydrogen-bond donors (Lipinski definition) is 1. The average Bonchev–Trinajstić information content (AvgIpc) is 3.33. The van der Waals surface area contributed by atoms with E-state index in [-0.39, 0.29) is 11.8 Å². The van der Waals surface area contributed by atoms with Crippen LogP contribution in [-0.4, -0.2) is 38.7 Å². The summed E-state index contributed by atoms with van der Waals surface area (Å²) in [5.74, 6) is 1.06. The molecule has 2 aromatic heterocycles. The highest BCUT2D eigenvalue weighted by Gasteiger charge is 2.26. The second-order valence-corrected chi connectivity index (χ2v) is 8.23. The van der Waals surface area contributed by atoms with Gasteiger partial charge in [0.15, 0.2) is 5.82 Å². The zero-order chi connectivity index (χ0) is 21.4. The van der Waals surface area contributed by atoms with E-state index in [4.69, 9.17) is 4.74 Å². The fourth-order valence-corrected chi connectivity index (χ4v) is 4.70. The zero-order valence-corrected chi connectivity index (χ0v) is 17.7. The largest absolute Gasteiger partial charge is 0.494 e. The predicted molar refractivity (Wildman–Crippen MR) is 117 cm³/mol. The van der Waals surface area contributed by atoms with Crippen molar-refractivity contribution in [2.45, 2.75) is 19.9 Å². The Morgan fingerprint density at radius 1 is 1.19 bits per heavy atom. The van der Waals surface area contributed by atoms with Crippen LogP contribution in [0.3, 0.4) is 0 Å². The molecule has 9 heteroatoms. The van der Waals surface area contributed by atoms with E-state index >= 15 is 0 Å². The molecule has 3 heterocycles. The van der Waals surface area contributed by atoms with Crippen LogP contribution >= 0.6 is 11.3 Å². The third kappa shape index (κ3) is 3.84. The van der Waals surface area contributed by atoms with E-state index in [1.807, 2.05) is 35.7 Å². The lowest BCUT2D eigenvalue weighted by atomic mass is 10.2. The summed E-state index contributed by atoms with van der Waals surface area (Å²) in [6.07, 6.45) is 0.693. The summed E-state index contributed by atoms with van der Waals surface area (Å²) < 4.78 is 20.5. The number of hydrogen-bond acceptors (Lipinski definition) is 5. The molecule has 0 spiro atoms. The van der Waals surface area contributed by atoms with Gasteiger partial charge < -0.3 is 15.0 Å². The Morgan fingerprint density at radius 2 is 1.97 bits per heavy atom. The lowest BCUT2D eigenvalue weighted by Crippen LogP contribution is -2.38. The number of benzene rings is 2. The monoisotopic (exact) mass is 437 g/mol. The van der Waals surface area contributed by atoms with Crippen LogP contribution in [0.4, 0.5) is 14.9 Å². The summed E-state index contributed by atoms with van der Waals surface area (Å²) in [7, 11) is 0. The second kappa shape index (κ2) is 7.99. The van der Waals surface area contributed by atoms with Crippen LogP contribution < -0.4 is 10.1 Å². The zero-order valence-electron chi connectivity index (χ0n) is 16.8. The summed E-state index contributed by atoms with van der Waals surface area (Å²) in [4.78, 5) is 21.0. The molecule has 31 heavy (non-hydrogen) atoms. The molecule has 0 bridgehead atoms. The summed E-state index contributed by atoms with van der Waals surface area (Å²) in [6, 6.07) is 13.4. The van der Waals surface area contributed by atoms with Gasteiger partial charge in [-0.3, -0.25) is 0 Å². The number of ether oxygens (including phenoxy) is 1. The van der Waals surface area contributed by atoms with E-state index in [1.54, 1.807) is 17.0 Å². The van der Waals surface area contributed by atoms with Gasteiger partial charge in [-0.15, -0.1) is 5.10 Å². The molecule has 158 valence electrons. The summed E-state index contributed by atoms with van der Waals surface area (Å²) >= 11 is 1.53. The number of amides is 2.